The van der Waals surface area contributed by atoms with Gasteiger partial charge in [0.2, 0.25) is 0 Å². The summed E-state index contributed by atoms with van der Waals surface area (Å²) >= 11 is 3.30. The lowest BCUT2D eigenvalue weighted by Crippen LogP contribution is -2.38. The van der Waals surface area contributed by atoms with E-state index in [4.69, 9.17) is 5.73 Å². The third-order valence-corrected chi connectivity index (χ3v) is 4.47. The van der Waals surface area contributed by atoms with Crippen molar-refractivity contribution in [2.24, 2.45) is 5.73 Å². The van der Waals surface area contributed by atoms with Crippen molar-refractivity contribution in [3.05, 3.63) is 44.5 Å². The molecule has 7 heteroatoms. The molecule has 2 amide bonds. The zero-order valence-electron chi connectivity index (χ0n) is 10.9. The lowest BCUT2D eigenvalue weighted by molar-refractivity contribution is -0.0560. The molecule has 0 saturated carbocycles. The second kappa shape index (κ2) is 6.65. The number of hydrogen-bond donors (Lipinski definition) is 2. The van der Waals surface area contributed by atoms with E-state index in [1.807, 2.05) is 17.5 Å². The topological polar surface area (TPSA) is 79.4 Å². The van der Waals surface area contributed by atoms with Crippen molar-refractivity contribution in [1.82, 2.24) is 10.0 Å². The second-order valence-corrected chi connectivity index (χ2v) is 6.37. The van der Waals surface area contributed by atoms with Crippen LogP contribution in [0.2, 0.25) is 0 Å². The number of urea groups is 1. The summed E-state index contributed by atoms with van der Waals surface area (Å²) in [5, 5.41) is 12.9. The molecule has 0 spiro atoms. The smallest absolute Gasteiger partial charge is 0.339 e. The van der Waals surface area contributed by atoms with Gasteiger partial charge in [-0.2, -0.15) is 5.06 Å². The summed E-state index contributed by atoms with van der Waals surface area (Å²) in [5.41, 5.74) is 4.99. The van der Waals surface area contributed by atoms with E-state index in [0.29, 0.717) is 5.06 Å². The Labute approximate surface area is 124 Å². The van der Waals surface area contributed by atoms with Gasteiger partial charge in [-0.05, 0) is 25.1 Å². The molecule has 2 rings (SSSR count). The molecule has 2 heterocycles. The number of thiophene rings is 1. The second-order valence-electron chi connectivity index (χ2n) is 4.19. The number of primary amides is 1. The number of nitrogens with two attached hydrogens (primary N) is 1. The Morgan fingerprint density at radius 1 is 1.60 bits per heavy atom. The molecule has 106 valence electrons. The third-order valence-electron chi connectivity index (χ3n) is 2.64. The maximum Gasteiger partial charge on any atom is 0.339 e. The van der Waals surface area contributed by atoms with Crippen LogP contribution >= 0.6 is 22.7 Å². The maximum absolute atomic E-state index is 10.8. The van der Waals surface area contributed by atoms with Crippen molar-refractivity contribution in [2.75, 3.05) is 0 Å². The zero-order valence-corrected chi connectivity index (χ0v) is 12.5. The van der Waals surface area contributed by atoms with E-state index >= 15 is 0 Å². The highest BCUT2D eigenvalue weighted by Gasteiger charge is 2.11. The van der Waals surface area contributed by atoms with Crippen LogP contribution in [0.15, 0.2) is 29.8 Å². The average Bonchev–Trinajstić information content (AvgIpc) is 3.07. The number of carbonyl (C=O) groups is 1. The largest absolute Gasteiger partial charge is 0.350 e. The quantitative estimate of drug-likeness (QED) is 0.658. The number of hydroxylamine groups is 2. The van der Waals surface area contributed by atoms with Crippen LogP contribution in [0, 0.1) is 0 Å². The van der Waals surface area contributed by atoms with Gasteiger partial charge in [-0.1, -0.05) is 6.08 Å². The summed E-state index contributed by atoms with van der Waals surface area (Å²) in [7, 11) is 0. The molecule has 3 N–H and O–H groups in total. The van der Waals surface area contributed by atoms with Crippen LogP contribution in [0.4, 0.5) is 4.79 Å². The average molecular weight is 309 g/mol. The third kappa shape index (κ3) is 3.89. The Bertz CT molecular complexity index is 593. The van der Waals surface area contributed by atoms with Gasteiger partial charge in [-0.15, -0.1) is 22.7 Å². The summed E-state index contributed by atoms with van der Waals surface area (Å²) in [6, 6.07) is 2.74. The molecule has 5 nitrogen and oxygen atoms in total. The van der Waals surface area contributed by atoms with Crippen molar-refractivity contribution in [1.29, 1.82) is 0 Å². The number of amides is 2. The van der Waals surface area contributed by atoms with E-state index in [1.54, 1.807) is 41.9 Å². The van der Waals surface area contributed by atoms with Crippen molar-refractivity contribution in [2.45, 2.75) is 19.4 Å². The number of rotatable bonds is 5. The molecule has 2 aromatic heterocycles. The van der Waals surface area contributed by atoms with Crippen molar-refractivity contribution >= 4 is 34.8 Å². The number of nitrogens with zero attached hydrogens (tertiary/aromatic N) is 2. The van der Waals surface area contributed by atoms with Crippen LogP contribution in [0.25, 0.3) is 6.08 Å². The van der Waals surface area contributed by atoms with Crippen LogP contribution in [-0.4, -0.2) is 27.3 Å². The van der Waals surface area contributed by atoms with Crippen molar-refractivity contribution in [3.63, 3.8) is 0 Å². The van der Waals surface area contributed by atoms with Crippen LogP contribution in [0.5, 0.6) is 0 Å². The molecule has 0 unspecified atom stereocenters. The zero-order chi connectivity index (χ0) is 14.5. The van der Waals surface area contributed by atoms with Crippen LogP contribution in [0.1, 0.15) is 21.7 Å². The Morgan fingerprint density at radius 3 is 3.05 bits per heavy atom. The van der Waals surface area contributed by atoms with Crippen LogP contribution in [-0.2, 0) is 6.42 Å². The number of hydrogen-bond acceptors (Lipinski definition) is 5. The molecule has 0 radical (unpaired) electrons. The summed E-state index contributed by atoms with van der Waals surface area (Å²) < 4.78 is 0. The maximum atomic E-state index is 10.8. The van der Waals surface area contributed by atoms with E-state index in [-0.39, 0.29) is 0 Å². The molecule has 0 bridgehead atoms. The fraction of sp³-hybridized carbons (Fsp3) is 0.231. The molecule has 20 heavy (non-hydrogen) atoms. The lowest BCUT2D eigenvalue weighted by Gasteiger charge is -2.16. The standard InChI is InChI=1S/C13H15N3O2S2/c1-9(16(18)13(14)17)2-3-10-4-5-11(20-10)8-12-15-6-7-19-12/h2-7,9,18H,8H2,1H3,(H2,14,17)/b3-2-/t9-/m1/s1. The SMILES string of the molecule is C[C@H](/C=C\c1ccc(Cc2nccs2)s1)N(O)C(N)=O. The van der Waals surface area contributed by atoms with Gasteiger partial charge in [-0.3, -0.25) is 5.21 Å². The van der Waals surface area contributed by atoms with E-state index in [1.165, 1.54) is 4.88 Å². The molecule has 0 saturated heterocycles. The predicted molar refractivity (Wildman–Crippen MR) is 80.9 cm³/mol. The van der Waals surface area contributed by atoms with Gasteiger partial charge in [-0.25, -0.2) is 9.78 Å². The molecule has 0 aliphatic heterocycles. The highest BCUT2D eigenvalue weighted by atomic mass is 32.1. The van der Waals surface area contributed by atoms with E-state index in [0.717, 1.165) is 16.3 Å². The summed E-state index contributed by atoms with van der Waals surface area (Å²) in [5.74, 6) is 0. The summed E-state index contributed by atoms with van der Waals surface area (Å²) in [4.78, 5) is 17.3. The van der Waals surface area contributed by atoms with Gasteiger partial charge >= 0.3 is 6.03 Å². The van der Waals surface area contributed by atoms with Gasteiger partial charge in [0, 0.05) is 27.8 Å². The monoisotopic (exact) mass is 309 g/mol. The normalized spacial score (nSPS) is 12.7. The first kappa shape index (κ1) is 14.7. The Morgan fingerprint density at radius 2 is 2.40 bits per heavy atom. The fourth-order valence-corrected chi connectivity index (χ4v) is 3.25. The fourth-order valence-electron chi connectivity index (χ4n) is 1.58. The predicted octanol–water partition coefficient (Wildman–Crippen LogP) is 2.97. The molecule has 0 aliphatic rings. The summed E-state index contributed by atoms with van der Waals surface area (Å²) in [6.45, 7) is 1.69. The van der Waals surface area contributed by atoms with E-state index < -0.39 is 12.1 Å². The Hall–Kier alpha value is -1.70. The van der Waals surface area contributed by atoms with Crippen LogP contribution < -0.4 is 5.73 Å². The van der Waals surface area contributed by atoms with Gasteiger partial charge in [0.25, 0.3) is 0 Å². The van der Waals surface area contributed by atoms with Gasteiger partial charge in [0.15, 0.2) is 0 Å². The molecule has 0 aliphatic carbocycles. The minimum absolute atomic E-state index is 0.461. The Kier molecular flexibility index (Phi) is 4.89. The highest BCUT2D eigenvalue weighted by molar-refractivity contribution is 7.13. The number of aromatic nitrogens is 1. The first-order chi connectivity index (χ1) is 9.56. The first-order valence-electron chi connectivity index (χ1n) is 5.99. The first-order valence-corrected chi connectivity index (χ1v) is 7.68. The number of thiazole rings is 1. The van der Waals surface area contributed by atoms with Gasteiger partial charge < -0.3 is 5.73 Å². The highest BCUT2D eigenvalue weighted by Crippen LogP contribution is 2.22. The van der Waals surface area contributed by atoms with E-state index in [2.05, 4.69) is 11.1 Å². The minimum Gasteiger partial charge on any atom is -0.350 e. The lowest BCUT2D eigenvalue weighted by atomic mass is 10.3. The molecule has 0 aromatic carbocycles. The molecule has 2 aromatic rings. The Balaban J connectivity index is 1.97. The molecule has 1 atom stereocenters. The van der Waals surface area contributed by atoms with Crippen molar-refractivity contribution < 1.29 is 10.0 Å². The minimum atomic E-state index is -0.863. The van der Waals surface area contributed by atoms with Gasteiger partial charge in [0.05, 0.1) is 11.0 Å². The van der Waals surface area contributed by atoms with E-state index in [9.17, 15) is 10.0 Å². The molecule has 0 fully saturated rings. The van der Waals surface area contributed by atoms with Crippen molar-refractivity contribution in [3.8, 4) is 0 Å². The molecular weight excluding hydrogens is 294 g/mol. The van der Waals surface area contributed by atoms with Crippen LogP contribution in [0.3, 0.4) is 0 Å². The van der Waals surface area contributed by atoms with Gasteiger partial charge in [0.1, 0.15) is 0 Å². The summed E-state index contributed by atoms with van der Waals surface area (Å²) in [6.07, 6.45) is 6.23. The number of carbonyl (C=O) groups excluding carboxylic acids is 1. The molecular formula is C13H15N3O2S2.